The zero-order chi connectivity index (χ0) is 23.5. The molecule has 1 fully saturated rings. The lowest BCUT2D eigenvalue weighted by atomic mass is 9.88. The van der Waals surface area contributed by atoms with E-state index in [2.05, 4.69) is 41.9 Å². The first kappa shape index (κ1) is 22.9. The molecule has 33 heavy (non-hydrogen) atoms. The Balaban J connectivity index is 1.56. The molecular formula is C27H33N5O. The second-order valence-electron chi connectivity index (χ2n) is 9.28. The Morgan fingerprint density at radius 3 is 2.52 bits per heavy atom. The van der Waals surface area contributed by atoms with E-state index in [-0.39, 0.29) is 0 Å². The molecule has 0 spiro atoms. The fourth-order valence-corrected chi connectivity index (χ4v) is 4.50. The lowest BCUT2D eigenvalue weighted by Crippen LogP contribution is -2.33. The van der Waals surface area contributed by atoms with Crippen LogP contribution >= 0.6 is 0 Å². The first-order chi connectivity index (χ1) is 15.8. The van der Waals surface area contributed by atoms with Crippen molar-refractivity contribution in [2.75, 3.05) is 32.1 Å². The zero-order valence-electron chi connectivity index (χ0n) is 20.0. The minimum absolute atomic E-state index is 0.343. The van der Waals surface area contributed by atoms with E-state index >= 15 is 0 Å². The van der Waals surface area contributed by atoms with Crippen molar-refractivity contribution < 1.29 is 4.79 Å². The smallest absolute Gasteiger partial charge is 0.248 e. The van der Waals surface area contributed by atoms with Crippen molar-refractivity contribution in [1.82, 2.24) is 14.9 Å². The highest BCUT2D eigenvalue weighted by atomic mass is 16.1. The summed E-state index contributed by atoms with van der Waals surface area (Å²) in [4.78, 5) is 25.7. The van der Waals surface area contributed by atoms with Gasteiger partial charge in [-0.05, 0) is 74.2 Å². The van der Waals surface area contributed by atoms with Gasteiger partial charge < -0.3 is 10.6 Å². The van der Waals surface area contributed by atoms with Crippen LogP contribution in [-0.2, 0) is 6.54 Å². The molecule has 6 heteroatoms. The van der Waals surface area contributed by atoms with Gasteiger partial charge >= 0.3 is 0 Å². The number of primary amides is 1. The minimum Gasteiger partial charge on any atom is -0.366 e. The lowest BCUT2D eigenvalue weighted by Gasteiger charge is -2.33. The normalized spacial score (nSPS) is 14.9. The van der Waals surface area contributed by atoms with Crippen LogP contribution in [0.15, 0.2) is 48.7 Å². The molecule has 4 rings (SSSR count). The van der Waals surface area contributed by atoms with E-state index in [1.165, 1.54) is 16.7 Å². The van der Waals surface area contributed by atoms with Crippen LogP contribution in [0.4, 0.5) is 5.95 Å². The summed E-state index contributed by atoms with van der Waals surface area (Å²) in [5.41, 5.74) is 13.1. The van der Waals surface area contributed by atoms with E-state index in [0.717, 1.165) is 49.3 Å². The molecule has 0 aliphatic carbocycles. The summed E-state index contributed by atoms with van der Waals surface area (Å²) in [6.07, 6.45) is 3.97. The molecule has 0 saturated carbocycles. The fraction of sp³-hybridized carbons (Fsp3) is 0.370. The number of carbonyl (C=O) groups excluding carboxylic acids is 1. The lowest BCUT2D eigenvalue weighted by molar-refractivity contribution is 0.100. The summed E-state index contributed by atoms with van der Waals surface area (Å²) in [6.45, 7) is 7.37. The Hall–Kier alpha value is -3.25. The molecule has 1 aliphatic rings. The van der Waals surface area contributed by atoms with Gasteiger partial charge in [0.15, 0.2) is 0 Å². The number of hydrogen-bond acceptors (Lipinski definition) is 5. The van der Waals surface area contributed by atoms with E-state index in [0.29, 0.717) is 17.4 Å². The largest absolute Gasteiger partial charge is 0.366 e. The van der Waals surface area contributed by atoms with Gasteiger partial charge in [-0.15, -0.1) is 0 Å². The van der Waals surface area contributed by atoms with Gasteiger partial charge in [0.2, 0.25) is 11.9 Å². The number of amides is 1. The van der Waals surface area contributed by atoms with Gasteiger partial charge in [-0.25, -0.2) is 9.97 Å². The summed E-state index contributed by atoms with van der Waals surface area (Å²) in [5.74, 6) is 0.621. The average Bonchev–Trinajstić information content (AvgIpc) is 2.81. The van der Waals surface area contributed by atoms with Crippen LogP contribution in [0, 0.1) is 13.8 Å². The van der Waals surface area contributed by atoms with Crippen molar-refractivity contribution in [1.29, 1.82) is 0 Å². The van der Waals surface area contributed by atoms with Gasteiger partial charge in [0.1, 0.15) is 0 Å². The molecule has 2 N–H and O–H groups in total. The van der Waals surface area contributed by atoms with Gasteiger partial charge in [0, 0.05) is 43.9 Å². The molecule has 1 aromatic heterocycles. The number of rotatable bonds is 6. The Bertz CT molecular complexity index is 1150. The number of nitrogens with zero attached hydrogens (tertiary/aromatic N) is 4. The summed E-state index contributed by atoms with van der Waals surface area (Å²) < 4.78 is 0. The highest BCUT2D eigenvalue weighted by Gasteiger charge is 2.25. The third-order valence-electron chi connectivity index (χ3n) is 6.62. The zero-order valence-corrected chi connectivity index (χ0v) is 20.0. The second-order valence-corrected chi connectivity index (χ2v) is 9.28. The summed E-state index contributed by atoms with van der Waals surface area (Å²) in [6, 6.07) is 14.2. The molecule has 0 atom stereocenters. The van der Waals surface area contributed by atoms with Gasteiger partial charge in [-0.1, -0.05) is 30.3 Å². The number of nitrogens with two attached hydrogens (primary N) is 1. The topological polar surface area (TPSA) is 75.3 Å². The molecule has 1 amide bonds. The van der Waals surface area contributed by atoms with Crippen LogP contribution in [0.2, 0.25) is 0 Å². The van der Waals surface area contributed by atoms with Crippen molar-refractivity contribution in [2.45, 2.75) is 39.2 Å². The predicted molar refractivity (Wildman–Crippen MR) is 133 cm³/mol. The van der Waals surface area contributed by atoms with E-state index < -0.39 is 5.91 Å². The van der Waals surface area contributed by atoms with Crippen LogP contribution < -0.4 is 10.6 Å². The number of hydrogen-bond donors (Lipinski definition) is 1. The fourth-order valence-electron chi connectivity index (χ4n) is 4.50. The van der Waals surface area contributed by atoms with E-state index in [1.807, 2.05) is 43.4 Å². The SMILES string of the molecule is Cc1ccc(CN2CCC(c3nc(N(C)C)ncc3-c3cccc(C(N)=O)c3)CC2)cc1C. The molecular weight excluding hydrogens is 410 g/mol. The number of benzene rings is 2. The maximum absolute atomic E-state index is 11.7. The quantitative estimate of drug-likeness (QED) is 0.615. The summed E-state index contributed by atoms with van der Waals surface area (Å²) >= 11 is 0. The first-order valence-corrected chi connectivity index (χ1v) is 11.5. The third-order valence-corrected chi connectivity index (χ3v) is 6.62. The van der Waals surface area contributed by atoms with Crippen molar-refractivity contribution in [3.8, 4) is 11.1 Å². The Morgan fingerprint density at radius 1 is 1.09 bits per heavy atom. The van der Waals surface area contributed by atoms with Crippen molar-refractivity contribution >= 4 is 11.9 Å². The molecule has 0 unspecified atom stereocenters. The maximum Gasteiger partial charge on any atom is 0.248 e. The number of aryl methyl sites for hydroxylation is 2. The molecule has 2 heterocycles. The van der Waals surface area contributed by atoms with Gasteiger partial charge in [-0.3, -0.25) is 9.69 Å². The van der Waals surface area contributed by atoms with Gasteiger partial charge in [0.25, 0.3) is 0 Å². The van der Waals surface area contributed by atoms with Crippen molar-refractivity contribution in [3.05, 3.63) is 76.6 Å². The monoisotopic (exact) mass is 443 g/mol. The second kappa shape index (κ2) is 9.71. The van der Waals surface area contributed by atoms with Crippen LogP contribution in [-0.4, -0.2) is 48.0 Å². The predicted octanol–water partition coefficient (Wildman–Crippen LogP) is 4.30. The van der Waals surface area contributed by atoms with Crippen LogP contribution in [0.5, 0.6) is 0 Å². The summed E-state index contributed by atoms with van der Waals surface area (Å²) in [5, 5.41) is 0. The Labute approximate surface area is 196 Å². The van der Waals surface area contributed by atoms with E-state index in [1.54, 1.807) is 6.07 Å². The number of anilines is 1. The molecule has 0 bridgehead atoms. The number of aromatic nitrogens is 2. The van der Waals surface area contributed by atoms with E-state index in [9.17, 15) is 4.79 Å². The first-order valence-electron chi connectivity index (χ1n) is 11.5. The van der Waals surface area contributed by atoms with Crippen molar-refractivity contribution in [2.24, 2.45) is 5.73 Å². The number of likely N-dealkylation sites (tertiary alicyclic amines) is 1. The highest BCUT2D eigenvalue weighted by Crippen LogP contribution is 2.35. The number of carbonyl (C=O) groups is 1. The van der Waals surface area contributed by atoms with Gasteiger partial charge in [-0.2, -0.15) is 0 Å². The van der Waals surface area contributed by atoms with E-state index in [4.69, 9.17) is 10.7 Å². The molecule has 0 radical (unpaired) electrons. The average molecular weight is 444 g/mol. The van der Waals surface area contributed by atoms with Crippen LogP contribution in [0.3, 0.4) is 0 Å². The molecule has 6 nitrogen and oxygen atoms in total. The number of piperidine rings is 1. The third kappa shape index (κ3) is 5.22. The molecule has 1 saturated heterocycles. The van der Waals surface area contributed by atoms with Crippen LogP contribution in [0.1, 0.15) is 51.5 Å². The molecule has 3 aromatic rings. The van der Waals surface area contributed by atoms with Gasteiger partial charge in [0.05, 0.1) is 5.69 Å². The van der Waals surface area contributed by atoms with Crippen molar-refractivity contribution in [3.63, 3.8) is 0 Å². The summed E-state index contributed by atoms with van der Waals surface area (Å²) in [7, 11) is 3.91. The maximum atomic E-state index is 11.7. The molecule has 2 aromatic carbocycles. The Kier molecular flexibility index (Phi) is 6.75. The minimum atomic E-state index is -0.427. The van der Waals surface area contributed by atoms with Crippen LogP contribution in [0.25, 0.3) is 11.1 Å². The standard InChI is InChI=1S/C27H33N5O/c1-18-8-9-20(14-19(18)2)17-32-12-10-21(11-13-32)25-24(16-29-27(30-25)31(3)4)22-6-5-7-23(15-22)26(28)33/h5-9,14-16,21H,10-13,17H2,1-4H3,(H2,28,33). The molecule has 172 valence electrons. The Morgan fingerprint density at radius 2 is 1.85 bits per heavy atom. The molecule has 1 aliphatic heterocycles. The highest BCUT2D eigenvalue weighted by molar-refractivity contribution is 5.94.